The topological polar surface area (TPSA) is 62.1 Å². The number of rotatable bonds is 6. The molecule has 0 aliphatic carbocycles. The van der Waals surface area contributed by atoms with Gasteiger partial charge in [0.1, 0.15) is 5.75 Å². The van der Waals surface area contributed by atoms with Crippen LogP contribution in [-0.2, 0) is 11.2 Å². The molecule has 0 aliphatic rings. The van der Waals surface area contributed by atoms with Gasteiger partial charge in [0.05, 0.1) is 19.6 Å². The van der Waals surface area contributed by atoms with Crippen molar-refractivity contribution in [1.82, 2.24) is 5.32 Å². The standard InChI is InChI=1S/C13H16N2O2/c1-17-12-6-3-11(4-7-12)5-8-13(16)15-10-2-9-14/h3-4,6-7H,2,5,8,10H2,1H3,(H,15,16). The van der Waals surface area contributed by atoms with Gasteiger partial charge in [-0.3, -0.25) is 4.79 Å². The molecule has 0 fully saturated rings. The first-order chi connectivity index (χ1) is 8.26. The minimum absolute atomic E-state index is 0.0175. The molecule has 4 nitrogen and oxygen atoms in total. The molecule has 4 heteroatoms. The van der Waals surface area contributed by atoms with Gasteiger partial charge in [-0.1, -0.05) is 12.1 Å². The van der Waals surface area contributed by atoms with Crippen molar-refractivity contribution in [3.8, 4) is 11.8 Å². The number of methoxy groups -OCH3 is 1. The summed E-state index contributed by atoms with van der Waals surface area (Å²) in [7, 11) is 1.62. The van der Waals surface area contributed by atoms with Crippen LogP contribution in [0.15, 0.2) is 24.3 Å². The molecule has 0 spiro atoms. The first-order valence-electron chi connectivity index (χ1n) is 5.53. The highest BCUT2D eigenvalue weighted by molar-refractivity contribution is 5.76. The molecule has 0 aliphatic heterocycles. The van der Waals surface area contributed by atoms with E-state index in [4.69, 9.17) is 10.00 Å². The quantitative estimate of drug-likeness (QED) is 0.759. The zero-order chi connectivity index (χ0) is 12.5. The number of nitriles is 1. The van der Waals surface area contributed by atoms with Gasteiger partial charge in [0.2, 0.25) is 5.91 Å². The van der Waals surface area contributed by atoms with Crippen molar-refractivity contribution in [3.05, 3.63) is 29.8 Å². The third kappa shape index (κ3) is 5.03. The molecule has 0 heterocycles. The lowest BCUT2D eigenvalue weighted by Gasteiger charge is -2.04. The zero-order valence-electron chi connectivity index (χ0n) is 9.90. The van der Waals surface area contributed by atoms with Crippen LogP contribution in [0.5, 0.6) is 5.75 Å². The average Bonchev–Trinajstić information content (AvgIpc) is 2.37. The van der Waals surface area contributed by atoms with Gasteiger partial charge in [0, 0.05) is 13.0 Å². The van der Waals surface area contributed by atoms with Gasteiger partial charge in [-0.05, 0) is 24.1 Å². The Morgan fingerprint density at radius 3 is 2.71 bits per heavy atom. The molecule has 0 aromatic heterocycles. The maximum absolute atomic E-state index is 11.4. The predicted octanol–water partition coefficient (Wildman–Crippen LogP) is 1.66. The van der Waals surface area contributed by atoms with Crippen LogP contribution >= 0.6 is 0 Å². The smallest absolute Gasteiger partial charge is 0.220 e. The summed E-state index contributed by atoms with van der Waals surface area (Å²) in [6.07, 6.45) is 1.49. The highest BCUT2D eigenvalue weighted by Gasteiger charge is 2.01. The monoisotopic (exact) mass is 232 g/mol. The second-order valence-electron chi connectivity index (χ2n) is 3.61. The molecule has 90 valence electrons. The molecule has 0 saturated carbocycles. The molecule has 0 unspecified atom stereocenters. The third-order valence-corrected chi connectivity index (χ3v) is 2.36. The summed E-state index contributed by atoms with van der Waals surface area (Å²) in [5, 5.41) is 11.0. The molecular formula is C13H16N2O2. The van der Waals surface area contributed by atoms with Crippen molar-refractivity contribution in [2.45, 2.75) is 19.3 Å². The van der Waals surface area contributed by atoms with Crippen LogP contribution in [0, 0.1) is 11.3 Å². The molecule has 1 aromatic carbocycles. The second-order valence-corrected chi connectivity index (χ2v) is 3.61. The molecule has 1 N–H and O–H groups in total. The Kier molecular flexibility index (Phi) is 5.59. The van der Waals surface area contributed by atoms with Gasteiger partial charge in [-0.25, -0.2) is 0 Å². The highest BCUT2D eigenvalue weighted by atomic mass is 16.5. The number of nitrogens with zero attached hydrogens (tertiary/aromatic N) is 1. The number of carbonyl (C=O) groups is 1. The number of aryl methyl sites for hydroxylation is 1. The van der Waals surface area contributed by atoms with Crippen LogP contribution in [0.1, 0.15) is 18.4 Å². The van der Waals surface area contributed by atoms with E-state index in [2.05, 4.69) is 5.32 Å². The normalized spacial score (nSPS) is 9.41. The Bertz CT molecular complexity index is 393. The lowest BCUT2D eigenvalue weighted by atomic mass is 10.1. The van der Waals surface area contributed by atoms with Crippen LogP contribution < -0.4 is 10.1 Å². The van der Waals surface area contributed by atoms with Gasteiger partial charge >= 0.3 is 0 Å². The fraction of sp³-hybridized carbons (Fsp3) is 0.385. The van der Waals surface area contributed by atoms with Crippen LogP contribution in [0.25, 0.3) is 0 Å². The summed E-state index contributed by atoms with van der Waals surface area (Å²) in [6.45, 7) is 0.429. The lowest BCUT2D eigenvalue weighted by Crippen LogP contribution is -2.24. The van der Waals surface area contributed by atoms with Crippen molar-refractivity contribution in [1.29, 1.82) is 5.26 Å². The van der Waals surface area contributed by atoms with E-state index in [-0.39, 0.29) is 5.91 Å². The minimum Gasteiger partial charge on any atom is -0.497 e. The van der Waals surface area contributed by atoms with Crippen molar-refractivity contribution in [3.63, 3.8) is 0 Å². The van der Waals surface area contributed by atoms with E-state index in [1.165, 1.54) is 0 Å². The fourth-order valence-corrected chi connectivity index (χ4v) is 1.40. The lowest BCUT2D eigenvalue weighted by molar-refractivity contribution is -0.121. The summed E-state index contributed by atoms with van der Waals surface area (Å²) in [6, 6.07) is 9.63. The maximum atomic E-state index is 11.4. The van der Waals surface area contributed by atoms with E-state index < -0.39 is 0 Å². The first-order valence-corrected chi connectivity index (χ1v) is 5.53. The third-order valence-electron chi connectivity index (χ3n) is 2.36. The largest absolute Gasteiger partial charge is 0.497 e. The fourth-order valence-electron chi connectivity index (χ4n) is 1.40. The summed E-state index contributed by atoms with van der Waals surface area (Å²) in [4.78, 5) is 11.4. The maximum Gasteiger partial charge on any atom is 0.220 e. The van der Waals surface area contributed by atoms with E-state index in [9.17, 15) is 4.79 Å². The van der Waals surface area contributed by atoms with Crippen LogP contribution in [0.2, 0.25) is 0 Å². The number of nitrogens with one attached hydrogen (secondary N) is 1. The summed E-state index contributed by atoms with van der Waals surface area (Å²) < 4.78 is 5.05. The first kappa shape index (κ1) is 13.0. The molecule has 1 rings (SSSR count). The molecule has 0 saturated heterocycles. The molecule has 0 radical (unpaired) electrons. The Hall–Kier alpha value is -2.02. The van der Waals surface area contributed by atoms with E-state index in [0.717, 1.165) is 11.3 Å². The summed E-state index contributed by atoms with van der Waals surface area (Å²) >= 11 is 0. The van der Waals surface area contributed by atoms with E-state index in [1.807, 2.05) is 30.3 Å². The highest BCUT2D eigenvalue weighted by Crippen LogP contribution is 2.12. The number of amides is 1. The number of benzene rings is 1. The number of carbonyl (C=O) groups excluding carboxylic acids is 1. The zero-order valence-corrected chi connectivity index (χ0v) is 9.90. The van der Waals surface area contributed by atoms with Gasteiger partial charge in [-0.2, -0.15) is 5.26 Å². The number of hydrogen-bond acceptors (Lipinski definition) is 3. The molecule has 0 atom stereocenters. The molecular weight excluding hydrogens is 216 g/mol. The molecule has 1 amide bonds. The molecule has 17 heavy (non-hydrogen) atoms. The van der Waals surface area contributed by atoms with E-state index in [1.54, 1.807) is 7.11 Å². The van der Waals surface area contributed by atoms with Crippen LogP contribution in [0.3, 0.4) is 0 Å². The number of ether oxygens (including phenoxy) is 1. The number of hydrogen-bond donors (Lipinski definition) is 1. The Morgan fingerprint density at radius 2 is 2.12 bits per heavy atom. The SMILES string of the molecule is COc1ccc(CCC(=O)NCCC#N)cc1. The average molecular weight is 232 g/mol. The summed E-state index contributed by atoms with van der Waals surface area (Å²) in [5.41, 5.74) is 1.10. The minimum atomic E-state index is -0.0175. The molecule has 1 aromatic rings. The Morgan fingerprint density at radius 1 is 1.41 bits per heavy atom. The van der Waals surface area contributed by atoms with Crippen LogP contribution in [0.4, 0.5) is 0 Å². The van der Waals surface area contributed by atoms with Crippen LogP contribution in [-0.4, -0.2) is 19.6 Å². The van der Waals surface area contributed by atoms with Gasteiger partial charge < -0.3 is 10.1 Å². The van der Waals surface area contributed by atoms with Gasteiger partial charge in [-0.15, -0.1) is 0 Å². The van der Waals surface area contributed by atoms with Crippen molar-refractivity contribution in [2.24, 2.45) is 0 Å². The van der Waals surface area contributed by atoms with Crippen molar-refractivity contribution in [2.75, 3.05) is 13.7 Å². The van der Waals surface area contributed by atoms with Crippen molar-refractivity contribution >= 4 is 5.91 Å². The Balaban J connectivity index is 2.29. The predicted molar refractivity (Wildman–Crippen MR) is 64.6 cm³/mol. The van der Waals surface area contributed by atoms with Crippen molar-refractivity contribution < 1.29 is 9.53 Å². The Labute approximate surface area is 101 Å². The molecule has 0 bridgehead atoms. The summed E-state index contributed by atoms with van der Waals surface area (Å²) in [5.74, 6) is 0.795. The van der Waals surface area contributed by atoms with Gasteiger partial charge in [0.15, 0.2) is 0 Å². The van der Waals surface area contributed by atoms with E-state index in [0.29, 0.717) is 25.8 Å². The second kappa shape index (κ2) is 7.29. The van der Waals surface area contributed by atoms with E-state index >= 15 is 0 Å². The van der Waals surface area contributed by atoms with Gasteiger partial charge in [0.25, 0.3) is 0 Å².